The highest BCUT2D eigenvalue weighted by Crippen LogP contribution is 2.62. The van der Waals surface area contributed by atoms with E-state index in [9.17, 15) is 14.7 Å². The fourth-order valence-corrected chi connectivity index (χ4v) is 7.37. The van der Waals surface area contributed by atoms with E-state index in [0.717, 1.165) is 44.1 Å². The molecular formula is C23H34O5. The van der Waals surface area contributed by atoms with E-state index in [1.807, 2.05) is 0 Å². The van der Waals surface area contributed by atoms with Crippen molar-refractivity contribution < 1.29 is 24.2 Å². The molecule has 156 valence electrons. The third-order valence-corrected chi connectivity index (χ3v) is 8.55. The Hall–Kier alpha value is -1.36. The molecule has 4 fully saturated rings. The molecular weight excluding hydrogens is 356 g/mol. The highest BCUT2D eigenvalue weighted by atomic mass is 16.5. The molecule has 5 heteroatoms. The molecule has 0 aliphatic heterocycles. The zero-order valence-electron chi connectivity index (χ0n) is 17.4. The van der Waals surface area contributed by atoms with Gasteiger partial charge in [0, 0.05) is 31.6 Å². The van der Waals surface area contributed by atoms with Crippen LogP contribution in [0.3, 0.4) is 0 Å². The minimum absolute atomic E-state index is 0.0156. The van der Waals surface area contributed by atoms with Gasteiger partial charge in [0.2, 0.25) is 0 Å². The summed E-state index contributed by atoms with van der Waals surface area (Å²) >= 11 is 0. The Labute approximate surface area is 167 Å². The van der Waals surface area contributed by atoms with Crippen LogP contribution in [-0.2, 0) is 19.1 Å². The van der Waals surface area contributed by atoms with Crippen LogP contribution in [0, 0.1) is 29.1 Å². The van der Waals surface area contributed by atoms with Crippen molar-refractivity contribution in [2.45, 2.75) is 89.9 Å². The lowest BCUT2D eigenvalue weighted by Crippen LogP contribution is -2.44. The van der Waals surface area contributed by atoms with E-state index in [-0.39, 0.29) is 35.5 Å². The maximum atomic E-state index is 11.6. The number of hydrogen-bond donors (Lipinski definition) is 1. The quantitative estimate of drug-likeness (QED) is 0.574. The van der Waals surface area contributed by atoms with Crippen molar-refractivity contribution in [2.24, 2.45) is 29.1 Å². The van der Waals surface area contributed by atoms with Crippen LogP contribution < -0.4 is 0 Å². The normalized spacial score (nSPS) is 47.5. The molecule has 0 saturated heterocycles. The predicted octanol–water partition coefficient (Wildman–Crippen LogP) is 3.78. The molecule has 0 aromatic carbocycles. The van der Waals surface area contributed by atoms with Gasteiger partial charge >= 0.3 is 11.9 Å². The third kappa shape index (κ3) is 3.10. The Kier molecular flexibility index (Phi) is 4.88. The van der Waals surface area contributed by atoms with Gasteiger partial charge in [-0.1, -0.05) is 19.1 Å². The van der Waals surface area contributed by atoms with E-state index >= 15 is 0 Å². The van der Waals surface area contributed by atoms with Crippen molar-refractivity contribution in [3.63, 3.8) is 0 Å². The van der Waals surface area contributed by atoms with Crippen molar-refractivity contribution in [2.75, 3.05) is 0 Å². The van der Waals surface area contributed by atoms with Crippen molar-refractivity contribution in [1.82, 2.24) is 0 Å². The summed E-state index contributed by atoms with van der Waals surface area (Å²) in [6.45, 7) is 9.72. The molecule has 0 aromatic heterocycles. The Balaban J connectivity index is 1.55. The maximum Gasteiger partial charge on any atom is 0.302 e. The second-order valence-electron chi connectivity index (χ2n) is 10.0. The first-order valence-electron chi connectivity index (χ1n) is 10.9. The van der Waals surface area contributed by atoms with E-state index in [4.69, 9.17) is 9.47 Å². The van der Waals surface area contributed by atoms with Crippen LogP contribution in [-0.4, -0.2) is 34.9 Å². The molecule has 4 aliphatic rings. The molecule has 8 atom stereocenters. The van der Waals surface area contributed by atoms with Crippen molar-refractivity contribution in [3.8, 4) is 0 Å². The topological polar surface area (TPSA) is 72.8 Å². The third-order valence-electron chi connectivity index (χ3n) is 8.55. The van der Waals surface area contributed by atoms with Gasteiger partial charge in [0.05, 0.1) is 5.60 Å². The molecule has 28 heavy (non-hydrogen) atoms. The predicted molar refractivity (Wildman–Crippen MR) is 104 cm³/mol. The van der Waals surface area contributed by atoms with Gasteiger partial charge < -0.3 is 14.6 Å². The number of hydrogen-bond acceptors (Lipinski definition) is 5. The summed E-state index contributed by atoms with van der Waals surface area (Å²) in [5.41, 5.74) is 0.395. The van der Waals surface area contributed by atoms with E-state index in [1.54, 1.807) is 0 Å². The molecule has 0 aromatic rings. The monoisotopic (exact) mass is 390 g/mol. The van der Waals surface area contributed by atoms with Crippen LogP contribution in [0.2, 0.25) is 0 Å². The minimum Gasteiger partial charge on any atom is -0.462 e. The standard InChI is InChI=1S/C23H34O5/c1-13-17-7-9-22(4)19(5-6-21(22)28-15(3)25)18(17)8-10-23(26)12-16(11-20(13)23)27-14(2)24/h16-21,26H,1,5-12H2,2-4H3/t16-,17+,18+,19-,20?,21-,22-,23?/m0/s1. The smallest absolute Gasteiger partial charge is 0.302 e. The van der Waals surface area contributed by atoms with Gasteiger partial charge in [-0.2, -0.15) is 0 Å². The molecule has 4 rings (SSSR count). The number of aliphatic hydroxyl groups is 1. The summed E-state index contributed by atoms with van der Waals surface area (Å²) in [6.07, 6.45) is 6.84. The average molecular weight is 391 g/mol. The van der Waals surface area contributed by atoms with Gasteiger partial charge in [-0.25, -0.2) is 0 Å². The number of fused-ring (bicyclic) bond motifs is 4. The first kappa shape index (κ1) is 19.9. The van der Waals surface area contributed by atoms with E-state index in [0.29, 0.717) is 30.6 Å². The van der Waals surface area contributed by atoms with Gasteiger partial charge in [-0.15, -0.1) is 0 Å². The number of carbonyl (C=O) groups excluding carboxylic acids is 2. The molecule has 0 spiro atoms. The first-order chi connectivity index (χ1) is 13.1. The van der Waals surface area contributed by atoms with Gasteiger partial charge in [-0.3, -0.25) is 9.59 Å². The molecule has 0 heterocycles. The molecule has 1 N–H and O–H groups in total. The lowest BCUT2D eigenvalue weighted by molar-refractivity contribution is -0.155. The highest BCUT2D eigenvalue weighted by Gasteiger charge is 2.59. The lowest BCUT2D eigenvalue weighted by Gasteiger charge is -2.48. The number of carbonyl (C=O) groups is 2. The summed E-state index contributed by atoms with van der Waals surface area (Å²) in [7, 11) is 0. The van der Waals surface area contributed by atoms with Crippen molar-refractivity contribution in [1.29, 1.82) is 0 Å². The Morgan fingerprint density at radius 2 is 1.79 bits per heavy atom. The fourth-order valence-electron chi connectivity index (χ4n) is 7.37. The van der Waals surface area contributed by atoms with E-state index in [2.05, 4.69) is 13.5 Å². The van der Waals surface area contributed by atoms with Crippen LogP contribution in [0.1, 0.15) is 72.1 Å². The van der Waals surface area contributed by atoms with Crippen LogP contribution in [0.25, 0.3) is 0 Å². The summed E-state index contributed by atoms with van der Waals surface area (Å²) in [6, 6.07) is 0. The van der Waals surface area contributed by atoms with Gasteiger partial charge in [0.15, 0.2) is 0 Å². The van der Waals surface area contributed by atoms with Crippen molar-refractivity contribution in [3.05, 3.63) is 12.2 Å². The number of esters is 2. The first-order valence-corrected chi connectivity index (χ1v) is 10.9. The van der Waals surface area contributed by atoms with Gasteiger partial charge in [-0.05, 0) is 62.7 Å². The maximum absolute atomic E-state index is 11.6. The van der Waals surface area contributed by atoms with Gasteiger partial charge in [0.25, 0.3) is 0 Å². The average Bonchev–Trinajstić information content (AvgIpc) is 3.06. The molecule has 0 bridgehead atoms. The minimum atomic E-state index is -0.807. The van der Waals surface area contributed by atoms with E-state index in [1.165, 1.54) is 13.8 Å². The Morgan fingerprint density at radius 3 is 2.46 bits per heavy atom. The second kappa shape index (κ2) is 6.86. The lowest BCUT2D eigenvalue weighted by atomic mass is 9.57. The zero-order chi connectivity index (χ0) is 20.3. The molecule has 0 radical (unpaired) electrons. The molecule has 0 amide bonds. The summed E-state index contributed by atoms with van der Waals surface area (Å²) in [4.78, 5) is 23.0. The summed E-state index contributed by atoms with van der Waals surface area (Å²) in [5, 5.41) is 11.4. The largest absolute Gasteiger partial charge is 0.462 e. The van der Waals surface area contributed by atoms with Gasteiger partial charge in [0.1, 0.15) is 12.2 Å². The molecule has 2 unspecified atom stereocenters. The fraction of sp³-hybridized carbons (Fsp3) is 0.826. The highest BCUT2D eigenvalue weighted by molar-refractivity contribution is 5.66. The van der Waals surface area contributed by atoms with Crippen LogP contribution >= 0.6 is 0 Å². The molecule has 4 saturated carbocycles. The molecule has 4 aliphatic carbocycles. The number of rotatable bonds is 2. The molecule has 5 nitrogen and oxygen atoms in total. The van der Waals surface area contributed by atoms with Crippen LogP contribution in [0.4, 0.5) is 0 Å². The SMILES string of the molecule is C=C1C2C[C@H](OC(C)=O)CC2(O)CC[C@@H]2[C@@H]1CC[C@]1(C)[C@@H](OC(C)=O)CC[C@@H]21. The van der Waals surface area contributed by atoms with Crippen LogP contribution in [0.5, 0.6) is 0 Å². The summed E-state index contributed by atoms with van der Waals surface area (Å²) in [5.74, 6) is 0.975. The number of ether oxygens (including phenoxy) is 2. The Bertz CT molecular complexity index is 686. The zero-order valence-corrected chi connectivity index (χ0v) is 17.4. The Morgan fingerprint density at radius 1 is 1.07 bits per heavy atom. The van der Waals surface area contributed by atoms with E-state index < -0.39 is 5.60 Å². The second-order valence-corrected chi connectivity index (χ2v) is 10.0. The summed E-state index contributed by atoms with van der Waals surface area (Å²) < 4.78 is 11.1. The van der Waals surface area contributed by atoms with Crippen molar-refractivity contribution >= 4 is 11.9 Å². The van der Waals surface area contributed by atoms with Crippen LogP contribution in [0.15, 0.2) is 12.2 Å².